The van der Waals surface area contributed by atoms with E-state index in [0.29, 0.717) is 12.3 Å². The maximum absolute atomic E-state index is 12.5. The van der Waals surface area contributed by atoms with Gasteiger partial charge in [-0.05, 0) is 0 Å². The van der Waals surface area contributed by atoms with E-state index in [1.807, 2.05) is 0 Å². The van der Waals surface area contributed by atoms with Crippen LogP contribution in [-0.2, 0) is 5.92 Å². The van der Waals surface area contributed by atoms with Gasteiger partial charge < -0.3 is 4.42 Å². The molecule has 1 aromatic heterocycles. The number of halogens is 4. The van der Waals surface area contributed by atoms with E-state index in [1.54, 1.807) is 0 Å². The Kier molecular flexibility index (Phi) is 2.40. The SMILES string of the molecule is O=c1ccoc(C(F)(F)C(F)F)c1. The number of rotatable bonds is 2. The third-order valence-electron chi connectivity index (χ3n) is 1.30. The Bertz CT molecular complexity index is 344. The summed E-state index contributed by atoms with van der Waals surface area (Å²) >= 11 is 0. The third kappa shape index (κ3) is 1.88. The van der Waals surface area contributed by atoms with Gasteiger partial charge in [-0.2, -0.15) is 8.78 Å². The number of hydrogen-bond donors (Lipinski definition) is 0. The summed E-state index contributed by atoms with van der Waals surface area (Å²) in [6.07, 6.45) is -3.24. The standard InChI is InChI=1S/C7H4F4O2/c8-6(9)7(10,11)5-3-4(12)1-2-13-5/h1-3,6H. The molecule has 1 aromatic rings. The lowest BCUT2D eigenvalue weighted by Crippen LogP contribution is -2.24. The average molecular weight is 196 g/mol. The molecule has 0 atom stereocenters. The molecule has 0 aliphatic rings. The lowest BCUT2D eigenvalue weighted by atomic mass is 10.2. The summed E-state index contributed by atoms with van der Waals surface area (Å²) in [6.45, 7) is 0. The van der Waals surface area contributed by atoms with E-state index in [0.717, 1.165) is 6.07 Å². The maximum Gasteiger partial charge on any atom is 0.363 e. The lowest BCUT2D eigenvalue weighted by Gasteiger charge is -2.12. The van der Waals surface area contributed by atoms with Crippen LogP contribution in [0.5, 0.6) is 0 Å². The predicted molar refractivity (Wildman–Crippen MR) is 34.9 cm³/mol. The van der Waals surface area contributed by atoms with Crippen molar-refractivity contribution >= 4 is 0 Å². The molecule has 0 fully saturated rings. The first-order chi connectivity index (χ1) is 5.94. The molecule has 0 saturated heterocycles. The monoisotopic (exact) mass is 196 g/mol. The second kappa shape index (κ2) is 3.20. The molecular weight excluding hydrogens is 192 g/mol. The van der Waals surface area contributed by atoms with E-state index in [9.17, 15) is 22.4 Å². The van der Waals surface area contributed by atoms with Crippen molar-refractivity contribution < 1.29 is 22.0 Å². The first-order valence-corrected chi connectivity index (χ1v) is 3.20. The van der Waals surface area contributed by atoms with Crippen LogP contribution in [0.1, 0.15) is 5.76 Å². The van der Waals surface area contributed by atoms with Crippen LogP contribution in [0, 0.1) is 0 Å². The van der Waals surface area contributed by atoms with Crippen LogP contribution < -0.4 is 5.43 Å². The molecule has 0 radical (unpaired) electrons. The van der Waals surface area contributed by atoms with Gasteiger partial charge in [-0.15, -0.1) is 0 Å². The van der Waals surface area contributed by atoms with Gasteiger partial charge in [0.15, 0.2) is 11.2 Å². The molecule has 0 unspecified atom stereocenters. The Morgan fingerprint density at radius 3 is 2.46 bits per heavy atom. The molecule has 0 aromatic carbocycles. The second-order valence-corrected chi connectivity index (χ2v) is 2.26. The van der Waals surface area contributed by atoms with Crippen molar-refractivity contribution in [2.75, 3.05) is 0 Å². The molecule has 72 valence electrons. The van der Waals surface area contributed by atoms with Crippen molar-refractivity contribution in [3.63, 3.8) is 0 Å². The Morgan fingerprint density at radius 2 is 2.00 bits per heavy atom. The molecular formula is C7H4F4O2. The van der Waals surface area contributed by atoms with E-state index in [-0.39, 0.29) is 0 Å². The molecule has 2 nitrogen and oxygen atoms in total. The lowest BCUT2D eigenvalue weighted by molar-refractivity contribution is -0.148. The van der Waals surface area contributed by atoms with Crippen LogP contribution in [0.2, 0.25) is 0 Å². The molecule has 0 spiro atoms. The highest BCUT2D eigenvalue weighted by atomic mass is 19.3. The summed E-state index contributed by atoms with van der Waals surface area (Å²) in [5, 5.41) is 0. The topological polar surface area (TPSA) is 30.2 Å². The zero-order valence-corrected chi connectivity index (χ0v) is 6.14. The van der Waals surface area contributed by atoms with Crippen LogP contribution in [0.4, 0.5) is 17.6 Å². The van der Waals surface area contributed by atoms with Crippen LogP contribution in [0.3, 0.4) is 0 Å². The van der Waals surface area contributed by atoms with Gasteiger partial charge >= 0.3 is 12.3 Å². The van der Waals surface area contributed by atoms with Crippen molar-refractivity contribution in [2.24, 2.45) is 0 Å². The molecule has 0 aliphatic heterocycles. The zero-order valence-electron chi connectivity index (χ0n) is 6.14. The van der Waals surface area contributed by atoms with Gasteiger partial charge in [-0.3, -0.25) is 4.79 Å². The fourth-order valence-electron chi connectivity index (χ4n) is 0.668. The van der Waals surface area contributed by atoms with Gasteiger partial charge in [0, 0.05) is 12.1 Å². The smallest absolute Gasteiger partial charge is 0.363 e. The van der Waals surface area contributed by atoms with Gasteiger partial charge in [-0.25, -0.2) is 8.78 Å². The quantitative estimate of drug-likeness (QED) is 0.677. The summed E-state index contributed by atoms with van der Waals surface area (Å²) in [6, 6.07) is 1.19. The normalized spacial score (nSPS) is 12.1. The first-order valence-electron chi connectivity index (χ1n) is 3.20. The minimum atomic E-state index is -4.42. The maximum atomic E-state index is 12.5. The highest BCUT2D eigenvalue weighted by Gasteiger charge is 2.45. The van der Waals surface area contributed by atoms with Crippen molar-refractivity contribution in [1.29, 1.82) is 0 Å². The minimum absolute atomic E-state index is 0.339. The van der Waals surface area contributed by atoms with Gasteiger partial charge in [0.2, 0.25) is 0 Å². The predicted octanol–water partition coefficient (Wildman–Crippen LogP) is 2.00. The van der Waals surface area contributed by atoms with Crippen LogP contribution in [0.15, 0.2) is 27.6 Å². The molecule has 0 bridgehead atoms. The van der Waals surface area contributed by atoms with Crippen molar-refractivity contribution in [2.45, 2.75) is 12.3 Å². The summed E-state index contributed by atoms with van der Waals surface area (Å²) in [5.41, 5.74) is -0.804. The number of hydrogen-bond acceptors (Lipinski definition) is 2. The summed E-state index contributed by atoms with van der Waals surface area (Å²) in [4.78, 5) is 10.5. The Labute approximate surface area is 69.8 Å². The van der Waals surface area contributed by atoms with E-state index in [4.69, 9.17) is 0 Å². The molecule has 0 N–H and O–H groups in total. The van der Waals surface area contributed by atoms with Gasteiger partial charge in [0.1, 0.15) is 0 Å². The molecule has 1 heterocycles. The second-order valence-electron chi connectivity index (χ2n) is 2.26. The van der Waals surface area contributed by atoms with Crippen molar-refractivity contribution in [3.05, 3.63) is 34.4 Å². The summed E-state index contributed by atoms with van der Waals surface area (Å²) in [7, 11) is 0. The molecule has 13 heavy (non-hydrogen) atoms. The zero-order chi connectivity index (χ0) is 10.1. The average Bonchev–Trinajstić information content (AvgIpc) is 2.04. The Hall–Kier alpha value is -1.33. The summed E-state index contributed by atoms with van der Waals surface area (Å²) < 4.78 is 52.5. The highest BCUT2D eigenvalue weighted by molar-refractivity contribution is 5.06. The largest absolute Gasteiger partial charge is 0.462 e. The van der Waals surface area contributed by atoms with Gasteiger partial charge in [0.05, 0.1) is 6.26 Å². The molecule has 0 aliphatic carbocycles. The molecule has 6 heteroatoms. The van der Waals surface area contributed by atoms with E-state index in [2.05, 4.69) is 4.42 Å². The molecule has 1 rings (SSSR count). The molecule has 0 saturated carbocycles. The van der Waals surface area contributed by atoms with Crippen LogP contribution >= 0.6 is 0 Å². The summed E-state index contributed by atoms with van der Waals surface area (Å²) in [5.74, 6) is -5.74. The Balaban J connectivity index is 3.14. The van der Waals surface area contributed by atoms with Crippen LogP contribution in [0.25, 0.3) is 0 Å². The van der Waals surface area contributed by atoms with Crippen molar-refractivity contribution in [3.8, 4) is 0 Å². The van der Waals surface area contributed by atoms with E-state index in [1.165, 1.54) is 0 Å². The van der Waals surface area contributed by atoms with Gasteiger partial charge in [0.25, 0.3) is 0 Å². The first kappa shape index (κ1) is 9.76. The third-order valence-corrected chi connectivity index (χ3v) is 1.30. The van der Waals surface area contributed by atoms with Gasteiger partial charge in [-0.1, -0.05) is 0 Å². The van der Waals surface area contributed by atoms with E-state index >= 15 is 0 Å². The van der Waals surface area contributed by atoms with Crippen LogP contribution in [-0.4, -0.2) is 6.43 Å². The highest BCUT2D eigenvalue weighted by Crippen LogP contribution is 2.33. The number of alkyl halides is 4. The van der Waals surface area contributed by atoms with Crippen molar-refractivity contribution in [1.82, 2.24) is 0 Å². The fourth-order valence-corrected chi connectivity index (χ4v) is 0.668. The Morgan fingerprint density at radius 1 is 1.38 bits per heavy atom. The molecule has 0 amide bonds. The fraction of sp³-hybridized carbons (Fsp3) is 0.286. The minimum Gasteiger partial charge on any atom is -0.462 e. The van der Waals surface area contributed by atoms with E-state index < -0.39 is 23.5 Å².